The number of aryl methyl sites for hydroxylation is 1. The van der Waals surface area contributed by atoms with Gasteiger partial charge in [-0.1, -0.05) is 35.0 Å². The second-order valence-electron chi connectivity index (χ2n) is 4.31. The van der Waals surface area contributed by atoms with Gasteiger partial charge in [0.25, 0.3) is 0 Å². The Morgan fingerprint density at radius 2 is 2.11 bits per heavy atom. The summed E-state index contributed by atoms with van der Waals surface area (Å²) in [5.41, 5.74) is 0.747. The molecule has 0 amide bonds. The van der Waals surface area contributed by atoms with E-state index in [1.165, 1.54) is 0 Å². The van der Waals surface area contributed by atoms with Crippen molar-refractivity contribution >= 4 is 15.9 Å². The van der Waals surface area contributed by atoms with Gasteiger partial charge in [0.05, 0.1) is 6.20 Å². The standard InChI is InChI=1S/C14H17BrN2O/c1-3-14(18,11-6-5-7-13(15)8-11)12-9-16-17(4-2)10-12/h5-10,18H,3-4H2,1-2H3. The molecule has 1 N–H and O–H groups in total. The number of aliphatic hydroxyl groups is 1. The fraction of sp³-hybridized carbons (Fsp3) is 0.357. The van der Waals surface area contributed by atoms with Crippen molar-refractivity contribution in [2.45, 2.75) is 32.4 Å². The summed E-state index contributed by atoms with van der Waals surface area (Å²) < 4.78 is 2.79. The number of nitrogens with zero attached hydrogens (tertiary/aromatic N) is 2. The molecule has 3 nitrogen and oxygen atoms in total. The molecule has 96 valence electrons. The minimum absolute atomic E-state index is 0.610. The third-order valence-electron chi connectivity index (χ3n) is 3.25. The number of halogens is 1. The SMILES string of the molecule is CCn1cc(C(O)(CC)c2cccc(Br)c2)cn1. The summed E-state index contributed by atoms with van der Waals surface area (Å²) in [5, 5.41) is 15.2. The molecule has 0 bridgehead atoms. The van der Waals surface area contributed by atoms with Gasteiger partial charge in [-0.2, -0.15) is 5.10 Å². The summed E-state index contributed by atoms with van der Waals surface area (Å²) in [6, 6.07) is 7.78. The number of hydrogen-bond donors (Lipinski definition) is 1. The smallest absolute Gasteiger partial charge is 0.117 e. The summed E-state index contributed by atoms with van der Waals surface area (Å²) in [5.74, 6) is 0. The molecular formula is C14H17BrN2O. The fourth-order valence-corrected chi connectivity index (χ4v) is 2.47. The Bertz CT molecular complexity index is 538. The Balaban J connectivity index is 2.47. The van der Waals surface area contributed by atoms with E-state index < -0.39 is 5.60 Å². The number of aromatic nitrogens is 2. The molecule has 1 aromatic carbocycles. The molecule has 1 unspecified atom stereocenters. The van der Waals surface area contributed by atoms with Crippen molar-refractivity contribution in [1.29, 1.82) is 0 Å². The lowest BCUT2D eigenvalue weighted by molar-refractivity contribution is 0.0764. The monoisotopic (exact) mass is 308 g/mol. The largest absolute Gasteiger partial charge is 0.380 e. The molecule has 0 aliphatic heterocycles. The number of benzene rings is 1. The van der Waals surface area contributed by atoms with Crippen molar-refractivity contribution < 1.29 is 5.11 Å². The third-order valence-corrected chi connectivity index (χ3v) is 3.74. The van der Waals surface area contributed by atoms with Gasteiger partial charge in [0.1, 0.15) is 5.60 Å². The van der Waals surface area contributed by atoms with Crippen molar-refractivity contribution in [3.8, 4) is 0 Å². The summed E-state index contributed by atoms with van der Waals surface area (Å²) in [6.45, 7) is 4.81. The minimum atomic E-state index is -0.975. The van der Waals surface area contributed by atoms with Gasteiger partial charge < -0.3 is 5.11 Å². The highest BCUT2D eigenvalue weighted by molar-refractivity contribution is 9.10. The van der Waals surface area contributed by atoms with E-state index in [1.54, 1.807) is 6.20 Å². The normalized spacial score (nSPS) is 14.4. The van der Waals surface area contributed by atoms with Crippen molar-refractivity contribution in [1.82, 2.24) is 9.78 Å². The van der Waals surface area contributed by atoms with Gasteiger partial charge in [-0.05, 0) is 31.0 Å². The van der Waals surface area contributed by atoms with Crippen LogP contribution in [0.15, 0.2) is 41.1 Å². The Morgan fingerprint density at radius 3 is 2.67 bits per heavy atom. The Morgan fingerprint density at radius 1 is 1.33 bits per heavy atom. The van der Waals surface area contributed by atoms with Crippen molar-refractivity contribution in [2.24, 2.45) is 0 Å². The molecule has 1 heterocycles. The Hall–Kier alpha value is -1.13. The van der Waals surface area contributed by atoms with Gasteiger partial charge in [-0.3, -0.25) is 4.68 Å². The van der Waals surface area contributed by atoms with Gasteiger partial charge in [0.15, 0.2) is 0 Å². The third kappa shape index (κ3) is 2.35. The lowest BCUT2D eigenvalue weighted by Gasteiger charge is -2.26. The maximum atomic E-state index is 10.9. The van der Waals surface area contributed by atoms with Crippen molar-refractivity contribution in [3.63, 3.8) is 0 Å². The van der Waals surface area contributed by atoms with Crippen LogP contribution in [0.4, 0.5) is 0 Å². The zero-order valence-electron chi connectivity index (χ0n) is 10.6. The van der Waals surface area contributed by atoms with E-state index in [4.69, 9.17) is 0 Å². The molecule has 0 aliphatic carbocycles. The fourth-order valence-electron chi connectivity index (χ4n) is 2.07. The first-order valence-electron chi connectivity index (χ1n) is 6.11. The summed E-state index contributed by atoms with van der Waals surface area (Å²) >= 11 is 3.44. The maximum Gasteiger partial charge on any atom is 0.117 e. The van der Waals surface area contributed by atoms with Gasteiger partial charge in [-0.25, -0.2) is 0 Å². The molecule has 1 aromatic heterocycles. The highest BCUT2D eigenvalue weighted by atomic mass is 79.9. The van der Waals surface area contributed by atoms with Crippen LogP contribution in [0, 0.1) is 0 Å². The first kappa shape index (κ1) is 13.3. The van der Waals surface area contributed by atoms with Crippen LogP contribution in [0.3, 0.4) is 0 Å². The average Bonchev–Trinajstić information content (AvgIpc) is 2.87. The summed E-state index contributed by atoms with van der Waals surface area (Å²) in [6.07, 6.45) is 4.26. The van der Waals surface area contributed by atoms with Crippen molar-refractivity contribution in [2.75, 3.05) is 0 Å². The first-order valence-corrected chi connectivity index (χ1v) is 6.90. The van der Waals surface area contributed by atoms with Gasteiger partial charge >= 0.3 is 0 Å². The second kappa shape index (κ2) is 5.24. The molecule has 0 saturated carbocycles. The van der Waals surface area contributed by atoms with Gasteiger partial charge in [0.2, 0.25) is 0 Å². The Kier molecular flexibility index (Phi) is 3.88. The molecule has 1 atom stereocenters. The van der Waals surface area contributed by atoms with Gasteiger partial charge in [0, 0.05) is 22.8 Å². The molecule has 0 aliphatic rings. The van der Waals surface area contributed by atoms with Crippen LogP contribution >= 0.6 is 15.9 Å². The van der Waals surface area contributed by atoms with Crippen LogP contribution in [0.2, 0.25) is 0 Å². The summed E-state index contributed by atoms with van der Waals surface area (Å²) in [4.78, 5) is 0. The van der Waals surface area contributed by atoms with E-state index in [1.807, 2.05) is 49.0 Å². The maximum absolute atomic E-state index is 10.9. The molecule has 0 saturated heterocycles. The van der Waals surface area contributed by atoms with E-state index in [0.29, 0.717) is 6.42 Å². The van der Waals surface area contributed by atoms with Crippen LogP contribution in [0.25, 0.3) is 0 Å². The molecule has 18 heavy (non-hydrogen) atoms. The topological polar surface area (TPSA) is 38.0 Å². The van der Waals surface area contributed by atoms with Crippen molar-refractivity contribution in [3.05, 3.63) is 52.3 Å². The zero-order valence-corrected chi connectivity index (χ0v) is 12.2. The molecule has 2 aromatic rings. The molecule has 0 spiro atoms. The van der Waals surface area contributed by atoms with E-state index in [-0.39, 0.29) is 0 Å². The predicted molar refractivity (Wildman–Crippen MR) is 75.3 cm³/mol. The highest BCUT2D eigenvalue weighted by Gasteiger charge is 2.31. The minimum Gasteiger partial charge on any atom is -0.380 e. The van der Waals surface area contributed by atoms with Crippen LogP contribution in [0.5, 0.6) is 0 Å². The van der Waals surface area contributed by atoms with Gasteiger partial charge in [-0.15, -0.1) is 0 Å². The van der Waals surface area contributed by atoms with E-state index >= 15 is 0 Å². The highest BCUT2D eigenvalue weighted by Crippen LogP contribution is 2.33. The molecule has 2 rings (SSSR count). The average molecular weight is 309 g/mol. The van der Waals surface area contributed by atoms with Crippen LogP contribution < -0.4 is 0 Å². The molecular weight excluding hydrogens is 292 g/mol. The Labute approximate surface area is 116 Å². The lowest BCUT2D eigenvalue weighted by Crippen LogP contribution is -2.25. The molecule has 4 heteroatoms. The second-order valence-corrected chi connectivity index (χ2v) is 5.22. The van der Waals surface area contributed by atoms with E-state index in [9.17, 15) is 5.11 Å². The van der Waals surface area contributed by atoms with Crippen LogP contribution in [-0.4, -0.2) is 14.9 Å². The number of rotatable bonds is 4. The quantitative estimate of drug-likeness (QED) is 0.941. The molecule has 0 fully saturated rings. The number of hydrogen-bond acceptors (Lipinski definition) is 2. The van der Waals surface area contributed by atoms with E-state index in [2.05, 4.69) is 21.0 Å². The van der Waals surface area contributed by atoms with Crippen LogP contribution in [0.1, 0.15) is 31.4 Å². The predicted octanol–water partition coefficient (Wildman–Crippen LogP) is 3.31. The lowest BCUT2D eigenvalue weighted by atomic mass is 9.86. The summed E-state index contributed by atoms with van der Waals surface area (Å²) in [7, 11) is 0. The zero-order chi connectivity index (χ0) is 13.2. The molecule has 0 radical (unpaired) electrons. The van der Waals surface area contributed by atoms with Crippen LogP contribution in [-0.2, 0) is 12.1 Å². The van der Waals surface area contributed by atoms with E-state index in [0.717, 1.165) is 22.1 Å². The first-order chi connectivity index (χ1) is 8.60.